The number of aromatic nitrogens is 2. The number of carboxylic acids is 1. The van der Waals surface area contributed by atoms with Gasteiger partial charge in [0, 0.05) is 13.1 Å². The van der Waals surface area contributed by atoms with Crippen LogP contribution in [0.1, 0.15) is 17.8 Å². The van der Waals surface area contributed by atoms with E-state index < -0.39 is 12.1 Å². The molecule has 2 rings (SSSR count). The highest BCUT2D eigenvalue weighted by molar-refractivity contribution is 5.75. The Morgan fingerprint density at radius 2 is 2.32 bits per heavy atom. The fourth-order valence-corrected chi connectivity index (χ4v) is 1.95. The van der Waals surface area contributed by atoms with Crippen molar-refractivity contribution in [2.75, 3.05) is 6.54 Å². The Morgan fingerprint density at radius 1 is 1.53 bits per heavy atom. The number of carbonyl (C=O) groups is 1. The van der Waals surface area contributed by atoms with Crippen molar-refractivity contribution in [3.05, 3.63) is 29.6 Å². The number of aliphatic hydroxyl groups excluding tert-OH is 1. The number of aromatic amines is 1. The summed E-state index contributed by atoms with van der Waals surface area (Å²) in [6.45, 7) is 2.73. The molecule has 0 aliphatic carbocycles. The van der Waals surface area contributed by atoms with E-state index in [0.717, 1.165) is 22.4 Å². The van der Waals surface area contributed by atoms with Crippen molar-refractivity contribution < 1.29 is 15.0 Å². The first-order valence-electron chi connectivity index (χ1n) is 6.10. The lowest BCUT2D eigenvalue weighted by Crippen LogP contribution is -2.28. The molecule has 1 atom stereocenters. The van der Waals surface area contributed by atoms with Crippen LogP contribution in [-0.4, -0.2) is 38.8 Å². The monoisotopic (exact) mass is 263 g/mol. The summed E-state index contributed by atoms with van der Waals surface area (Å²) in [4.78, 5) is 17.9. The number of aliphatic carboxylic acids is 1. The van der Waals surface area contributed by atoms with Crippen molar-refractivity contribution in [2.45, 2.75) is 26.0 Å². The average molecular weight is 263 g/mol. The number of aliphatic hydroxyl groups is 1. The van der Waals surface area contributed by atoms with Crippen LogP contribution in [0.2, 0.25) is 0 Å². The molecule has 0 spiro atoms. The predicted molar refractivity (Wildman–Crippen MR) is 70.8 cm³/mol. The number of hydrogen-bond acceptors (Lipinski definition) is 4. The molecule has 6 nitrogen and oxygen atoms in total. The number of aryl methyl sites for hydroxylation is 1. The summed E-state index contributed by atoms with van der Waals surface area (Å²) in [7, 11) is 0. The van der Waals surface area contributed by atoms with Crippen LogP contribution in [0.4, 0.5) is 0 Å². The van der Waals surface area contributed by atoms with Crippen LogP contribution < -0.4 is 5.32 Å². The van der Waals surface area contributed by atoms with Crippen LogP contribution >= 0.6 is 0 Å². The molecule has 0 saturated heterocycles. The summed E-state index contributed by atoms with van der Waals surface area (Å²) in [5.41, 5.74) is 2.95. The van der Waals surface area contributed by atoms with Gasteiger partial charge in [-0.1, -0.05) is 6.07 Å². The number of fused-ring (bicyclic) bond motifs is 1. The summed E-state index contributed by atoms with van der Waals surface area (Å²) in [5.74, 6) is -0.124. The van der Waals surface area contributed by atoms with Crippen molar-refractivity contribution in [3.63, 3.8) is 0 Å². The van der Waals surface area contributed by atoms with Gasteiger partial charge in [-0.3, -0.25) is 4.79 Å². The SMILES string of the molecule is Cc1nc2ccc(CNCC(O)CC(=O)O)cc2[nH]1. The molecule has 2 aromatic rings. The molecule has 0 amide bonds. The predicted octanol–water partition coefficient (Wildman–Crippen LogP) is 0.797. The van der Waals surface area contributed by atoms with Gasteiger partial charge in [-0.05, 0) is 24.6 Å². The molecule has 1 unspecified atom stereocenters. The maximum absolute atomic E-state index is 10.4. The molecule has 0 fully saturated rings. The van der Waals surface area contributed by atoms with Gasteiger partial charge < -0.3 is 20.5 Å². The van der Waals surface area contributed by atoms with Gasteiger partial charge in [-0.2, -0.15) is 0 Å². The van der Waals surface area contributed by atoms with Crippen LogP contribution in [0.3, 0.4) is 0 Å². The number of nitrogens with zero attached hydrogens (tertiary/aromatic N) is 1. The van der Waals surface area contributed by atoms with E-state index >= 15 is 0 Å². The van der Waals surface area contributed by atoms with Crippen molar-refractivity contribution in [3.8, 4) is 0 Å². The van der Waals surface area contributed by atoms with Gasteiger partial charge in [-0.15, -0.1) is 0 Å². The summed E-state index contributed by atoms with van der Waals surface area (Å²) in [6, 6.07) is 5.88. The molecule has 0 aliphatic rings. The third kappa shape index (κ3) is 3.77. The third-order valence-corrected chi connectivity index (χ3v) is 2.78. The third-order valence-electron chi connectivity index (χ3n) is 2.78. The fourth-order valence-electron chi connectivity index (χ4n) is 1.95. The number of H-pyrrole nitrogens is 1. The number of nitrogens with one attached hydrogen (secondary N) is 2. The van der Waals surface area contributed by atoms with Gasteiger partial charge >= 0.3 is 5.97 Å². The lowest BCUT2D eigenvalue weighted by Gasteiger charge is -2.09. The Labute approximate surface area is 110 Å². The molecule has 1 heterocycles. The molecular formula is C13H17N3O3. The van der Waals surface area contributed by atoms with E-state index in [9.17, 15) is 9.90 Å². The van der Waals surface area contributed by atoms with Crippen molar-refractivity contribution in [2.24, 2.45) is 0 Å². The van der Waals surface area contributed by atoms with E-state index in [2.05, 4.69) is 15.3 Å². The molecule has 102 valence electrons. The van der Waals surface area contributed by atoms with Gasteiger partial charge in [0.1, 0.15) is 5.82 Å². The molecule has 0 bridgehead atoms. The van der Waals surface area contributed by atoms with Crippen molar-refractivity contribution in [1.82, 2.24) is 15.3 Å². The van der Waals surface area contributed by atoms with E-state index in [1.54, 1.807) is 0 Å². The molecule has 1 aromatic carbocycles. The van der Waals surface area contributed by atoms with Gasteiger partial charge in [-0.25, -0.2) is 4.98 Å². The van der Waals surface area contributed by atoms with Gasteiger partial charge in [0.2, 0.25) is 0 Å². The minimum atomic E-state index is -0.997. The molecule has 4 N–H and O–H groups in total. The zero-order chi connectivity index (χ0) is 13.8. The molecule has 0 radical (unpaired) electrons. The Balaban J connectivity index is 1.89. The van der Waals surface area contributed by atoms with Gasteiger partial charge in [0.25, 0.3) is 0 Å². The van der Waals surface area contributed by atoms with E-state index in [-0.39, 0.29) is 13.0 Å². The lowest BCUT2D eigenvalue weighted by molar-refractivity contribution is -0.139. The lowest BCUT2D eigenvalue weighted by atomic mass is 10.2. The summed E-state index contributed by atoms with van der Waals surface area (Å²) in [5, 5.41) is 21.0. The highest BCUT2D eigenvalue weighted by atomic mass is 16.4. The standard InChI is InChI=1S/C13H17N3O3/c1-8-15-11-3-2-9(4-12(11)16-8)6-14-7-10(17)5-13(18)19/h2-4,10,14,17H,5-7H2,1H3,(H,15,16)(H,18,19). The highest BCUT2D eigenvalue weighted by Gasteiger charge is 2.08. The quantitative estimate of drug-likeness (QED) is 0.618. The Kier molecular flexibility index (Phi) is 4.13. The fraction of sp³-hybridized carbons (Fsp3) is 0.385. The van der Waals surface area contributed by atoms with Crippen LogP contribution in [-0.2, 0) is 11.3 Å². The zero-order valence-electron chi connectivity index (χ0n) is 10.7. The summed E-state index contributed by atoms with van der Waals surface area (Å²) >= 11 is 0. The van der Waals surface area contributed by atoms with E-state index in [1.807, 2.05) is 25.1 Å². The number of benzene rings is 1. The van der Waals surface area contributed by atoms with Crippen LogP contribution in [0, 0.1) is 6.92 Å². The first-order chi connectivity index (χ1) is 9.04. The summed E-state index contributed by atoms with van der Waals surface area (Å²) in [6.07, 6.45) is -1.11. The molecule has 6 heteroatoms. The maximum atomic E-state index is 10.4. The zero-order valence-corrected chi connectivity index (χ0v) is 10.7. The first-order valence-corrected chi connectivity index (χ1v) is 6.10. The Bertz CT molecular complexity index is 580. The molecule has 0 saturated carbocycles. The summed E-state index contributed by atoms with van der Waals surface area (Å²) < 4.78 is 0. The number of imidazole rings is 1. The minimum absolute atomic E-state index is 0.244. The molecular weight excluding hydrogens is 246 g/mol. The van der Waals surface area contributed by atoms with E-state index in [0.29, 0.717) is 6.54 Å². The van der Waals surface area contributed by atoms with Gasteiger partial charge in [0.05, 0.1) is 23.6 Å². The van der Waals surface area contributed by atoms with Crippen LogP contribution in [0.25, 0.3) is 11.0 Å². The molecule has 1 aromatic heterocycles. The second-order valence-corrected chi connectivity index (χ2v) is 4.56. The Morgan fingerprint density at radius 3 is 3.05 bits per heavy atom. The van der Waals surface area contributed by atoms with Crippen LogP contribution in [0.15, 0.2) is 18.2 Å². The smallest absolute Gasteiger partial charge is 0.306 e. The van der Waals surface area contributed by atoms with Gasteiger partial charge in [0.15, 0.2) is 0 Å². The Hall–Kier alpha value is -1.92. The van der Waals surface area contributed by atoms with Crippen molar-refractivity contribution in [1.29, 1.82) is 0 Å². The number of rotatable bonds is 6. The minimum Gasteiger partial charge on any atom is -0.481 e. The van der Waals surface area contributed by atoms with Crippen LogP contribution in [0.5, 0.6) is 0 Å². The maximum Gasteiger partial charge on any atom is 0.306 e. The largest absolute Gasteiger partial charge is 0.481 e. The second kappa shape index (κ2) is 5.81. The topological polar surface area (TPSA) is 98.2 Å². The normalized spacial score (nSPS) is 12.7. The van der Waals surface area contributed by atoms with E-state index in [4.69, 9.17) is 5.11 Å². The molecule has 0 aliphatic heterocycles. The highest BCUT2D eigenvalue weighted by Crippen LogP contribution is 2.13. The van der Waals surface area contributed by atoms with E-state index in [1.165, 1.54) is 0 Å². The average Bonchev–Trinajstić information content (AvgIpc) is 2.67. The second-order valence-electron chi connectivity index (χ2n) is 4.56. The van der Waals surface area contributed by atoms with Crippen molar-refractivity contribution >= 4 is 17.0 Å². The number of carboxylic acid groups (broad SMARTS) is 1. The molecule has 19 heavy (non-hydrogen) atoms. The first kappa shape index (κ1) is 13.5. The number of hydrogen-bond donors (Lipinski definition) is 4.